The summed E-state index contributed by atoms with van der Waals surface area (Å²) in [5.41, 5.74) is -0.230. The van der Waals surface area contributed by atoms with Crippen LogP contribution in [0.1, 0.15) is 33.3 Å². The minimum absolute atomic E-state index is 0.127. The van der Waals surface area contributed by atoms with Gasteiger partial charge in [0, 0.05) is 0 Å². The van der Waals surface area contributed by atoms with Gasteiger partial charge in [-0.15, -0.1) is 0 Å². The molecule has 0 saturated heterocycles. The first kappa shape index (κ1) is 19.2. The van der Waals surface area contributed by atoms with Crippen LogP contribution in [-0.4, -0.2) is 25.7 Å². The van der Waals surface area contributed by atoms with E-state index in [4.69, 9.17) is 19.5 Å². The van der Waals surface area contributed by atoms with Crippen LogP contribution in [0.15, 0.2) is 23.8 Å². The van der Waals surface area contributed by atoms with E-state index in [0.29, 0.717) is 11.3 Å². The number of carbonyl (C=O) groups is 2. The van der Waals surface area contributed by atoms with Crippen LogP contribution in [0.25, 0.3) is 6.08 Å². The van der Waals surface area contributed by atoms with Crippen molar-refractivity contribution in [3.8, 4) is 17.6 Å². The lowest BCUT2D eigenvalue weighted by atomic mass is 9.97. The van der Waals surface area contributed by atoms with Crippen molar-refractivity contribution in [1.29, 1.82) is 5.26 Å². The number of rotatable bonds is 5. The second kappa shape index (κ2) is 8.16. The standard InChI is InChI=1S/C18H21NO5/c1-6-23-16(20)13(11-19)9-12-7-8-14(15(10-12)22-5)24-17(21)18(2,3)4/h7-10H,6H2,1-5H3/b13-9+. The van der Waals surface area contributed by atoms with E-state index >= 15 is 0 Å². The van der Waals surface area contributed by atoms with Crippen LogP contribution in [0.5, 0.6) is 11.5 Å². The highest BCUT2D eigenvalue weighted by molar-refractivity contribution is 5.98. The Bertz CT molecular complexity index is 692. The summed E-state index contributed by atoms with van der Waals surface area (Å²) >= 11 is 0. The molecule has 0 amide bonds. The largest absolute Gasteiger partial charge is 0.493 e. The van der Waals surface area contributed by atoms with Gasteiger partial charge < -0.3 is 14.2 Å². The molecule has 1 aromatic carbocycles. The molecule has 1 aromatic rings. The minimum Gasteiger partial charge on any atom is -0.493 e. The first-order chi connectivity index (χ1) is 11.2. The molecular weight excluding hydrogens is 310 g/mol. The van der Waals surface area contributed by atoms with Gasteiger partial charge in [0.25, 0.3) is 0 Å². The molecular formula is C18H21NO5. The molecule has 0 aliphatic carbocycles. The fourth-order valence-corrected chi connectivity index (χ4v) is 1.62. The fraction of sp³-hybridized carbons (Fsp3) is 0.389. The Morgan fingerprint density at radius 1 is 1.25 bits per heavy atom. The molecule has 0 saturated carbocycles. The van der Waals surface area contributed by atoms with Crippen molar-refractivity contribution in [2.75, 3.05) is 13.7 Å². The van der Waals surface area contributed by atoms with Crippen molar-refractivity contribution < 1.29 is 23.8 Å². The Kier molecular flexibility index (Phi) is 6.54. The fourth-order valence-electron chi connectivity index (χ4n) is 1.62. The van der Waals surface area contributed by atoms with Gasteiger partial charge in [0.2, 0.25) is 0 Å². The van der Waals surface area contributed by atoms with Crippen LogP contribution >= 0.6 is 0 Å². The quantitative estimate of drug-likeness (QED) is 0.357. The van der Waals surface area contributed by atoms with Crippen LogP contribution in [0, 0.1) is 16.7 Å². The van der Waals surface area contributed by atoms with E-state index in [1.807, 2.05) is 0 Å². The molecule has 0 heterocycles. The molecule has 0 radical (unpaired) electrons. The number of hydrogen-bond donors (Lipinski definition) is 0. The minimum atomic E-state index is -0.692. The van der Waals surface area contributed by atoms with Crippen LogP contribution in [0.4, 0.5) is 0 Å². The number of esters is 2. The molecule has 6 heteroatoms. The third-order valence-electron chi connectivity index (χ3n) is 2.93. The summed E-state index contributed by atoms with van der Waals surface area (Å²) in [7, 11) is 1.44. The van der Waals surface area contributed by atoms with Gasteiger partial charge in [-0.3, -0.25) is 4.79 Å². The van der Waals surface area contributed by atoms with E-state index < -0.39 is 17.4 Å². The van der Waals surface area contributed by atoms with Gasteiger partial charge >= 0.3 is 11.9 Å². The smallest absolute Gasteiger partial charge is 0.348 e. The van der Waals surface area contributed by atoms with Gasteiger partial charge in [-0.25, -0.2) is 4.79 Å². The number of benzene rings is 1. The van der Waals surface area contributed by atoms with Gasteiger partial charge in [0.15, 0.2) is 11.5 Å². The van der Waals surface area contributed by atoms with Gasteiger partial charge in [0.05, 0.1) is 19.1 Å². The molecule has 0 spiro atoms. The highest BCUT2D eigenvalue weighted by atomic mass is 16.6. The summed E-state index contributed by atoms with van der Waals surface area (Å²) in [6, 6.07) is 6.54. The Morgan fingerprint density at radius 3 is 2.42 bits per heavy atom. The molecule has 0 N–H and O–H groups in total. The van der Waals surface area contributed by atoms with E-state index in [9.17, 15) is 9.59 Å². The van der Waals surface area contributed by atoms with Gasteiger partial charge in [-0.1, -0.05) is 6.07 Å². The number of hydrogen-bond acceptors (Lipinski definition) is 6. The number of nitriles is 1. The van der Waals surface area contributed by atoms with Crippen molar-refractivity contribution in [2.24, 2.45) is 5.41 Å². The molecule has 0 atom stereocenters. The molecule has 0 bridgehead atoms. The van der Waals surface area contributed by atoms with Gasteiger partial charge in [-0.05, 0) is 51.5 Å². The molecule has 6 nitrogen and oxygen atoms in total. The van der Waals surface area contributed by atoms with Crippen molar-refractivity contribution >= 4 is 18.0 Å². The van der Waals surface area contributed by atoms with E-state index in [1.165, 1.54) is 13.2 Å². The van der Waals surface area contributed by atoms with Crippen LogP contribution < -0.4 is 9.47 Å². The normalized spacial score (nSPS) is 11.4. The monoisotopic (exact) mass is 331 g/mol. The highest BCUT2D eigenvalue weighted by Crippen LogP contribution is 2.31. The maximum absolute atomic E-state index is 12.0. The predicted octanol–water partition coefficient (Wildman–Crippen LogP) is 3.12. The summed E-state index contributed by atoms with van der Waals surface area (Å²) in [5.74, 6) is -0.498. The molecule has 0 aromatic heterocycles. The lowest BCUT2D eigenvalue weighted by Gasteiger charge is -2.17. The number of nitrogens with zero attached hydrogens (tertiary/aromatic N) is 1. The highest BCUT2D eigenvalue weighted by Gasteiger charge is 2.25. The second-order valence-electron chi connectivity index (χ2n) is 5.94. The third kappa shape index (κ3) is 5.13. The predicted molar refractivity (Wildman–Crippen MR) is 88.3 cm³/mol. The van der Waals surface area contributed by atoms with Crippen molar-refractivity contribution in [1.82, 2.24) is 0 Å². The Morgan fingerprint density at radius 2 is 1.92 bits per heavy atom. The zero-order valence-electron chi connectivity index (χ0n) is 14.5. The zero-order chi connectivity index (χ0) is 18.3. The van der Waals surface area contributed by atoms with Crippen molar-refractivity contribution in [3.05, 3.63) is 29.3 Å². The summed E-state index contributed by atoms with van der Waals surface area (Å²) in [6.45, 7) is 7.09. The molecule has 1 rings (SSSR count). The van der Waals surface area contributed by atoms with E-state index in [-0.39, 0.29) is 17.9 Å². The molecule has 0 fully saturated rings. The van der Waals surface area contributed by atoms with Crippen molar-refractivity contribution in [2.45, 2.75) is 27.7 Å². The summed E-state index contributed by atoms with van der Waals surface area (Å²) in [5, 5.41) is 9.05. The van der Waals surface area contributed by atoms with Crippen LogP contribution in [-0.2, 0) is 14.3 Å². The average Bonchev–Trinajstić information content (AvgIpc) is 2.52. The van der Waals surface area contributed by atoms with Crippen molar-refractivity contribution in [3.63, 3.8) is 0 Å². The van der Waals surface area contributed by atoms with E-state index in [2.05, 4.69) is 0 Å². The number of carbonyl (C=O) groups excluding carboxylic acids is 2. The number of methoxy groups -OCH3 is 1. The summed E-state index contributed by atoms with van der Waals surface area (Å²) < 4.78 is 15.4. The Balaban J connectivity index is 3.12. The second-order valence-corrected chi connectivity index (χ2v) is 5.94. The van der Waals surface area contributed by atoms with E-state index in [0.717, 1.165) is 0 Å². The Labute approximate surface area is 141 Å². The van der Waals surface area contributed by atoms with Gasteiger partial charge in [0.1, 0.15) is 11.6 Å². The zero-order valence-corrected chi connectivity index (χ0v) is 14.5. The molecule has 128 valence electrons. The third-order valence-corrected chi connectivity index (χ3v) is 2.93. The summed E-state index contributed by atoms with van der Waals surface area (Å²) in [4.78, 5) is 23.6. The van der Waals surface area contributed by atoms with Crippen LogP contribution in [0.3, 0.4) is 0 Å². The SMILES string of the molecule is CCOC(=O)/C(C#N)=C/c1ccc(OC(=O)C(C)(C)C)c(OC)c1. The number of ether oxygens (including phenoxy) is 3. The summed E-state index contributed by atoms with van der Waals surface area (Å²) in [6.07, 6.45) is 1.38. The molecule has 0 aliphatic heterocycles. The topological polar surface area (TPSA) is 85.6 Å². The molecule has 0 unspecified atom stereocenters. The lowest BCUT2D eigenvalue weighted by molar-refractivity contribution is -0.143. The van der Waals surface area contributed by atoms with Gasteiger partial charge in [-0.2, -0.15) is 5.26 Å². The maximum Gasteiger partial charge on any atom is 0.348 e. The molecule has 0 aliphatic rings. The molecule has 24 heavy (non-hydrogen) atoms. The first-order valence-electron chi connectivity index (χ1n) is 7.42. The van der Waals surface area contributed by atoms with Crippen LogP contribution in [0.2, 0.25) is 0 Å². The van der Waals surface area contributed by atoms with E-state index in [1.54, 1.807) is 52.0 Å². The lowest BCUT2D eigenvalue weighted by Crippen LogP contribution is -2.25. The first-order valence-corrected chi connectivity index (χ1v) is 7.42. The maximum atomic E-state index is 12.0. The average molecular weight is 331 g/mol. The Hall–Kier alpha value is -2.81.